The number of thioether (sulfide) groups is 1. The topological polar surface area (TPSA) is 225 Å². The number of hydrogen-bond donors (Lipinski definition) is 8. The molecular weight excluding hydrogens is 480 g/mol. The number of aliphatic carboxylic acids is 3. The molecule has 13 nitrogen and oxygen atoms in total. The van der Waals surface area contributed by atoms with Gasteiger partial charge in [0, 0.05) is 18.6 Å². The Kier molecular flexibility index (Phi) is 14.9. The number of rotatable bonds is 17. The van der Waals surface area contributed by atoms with E-state index < -0.39 is 66.2 Å². The average Bonchev–Trinajstić information content (AvgIpc) is 2.74. The van der Waals surface area contributed by atoms with Crippen molar-refractivity contribution in [1.29, 1.82) is 0 Å². The zero-order chi connectivity index (χ0) is 25.6. The number of carbonyl (C=O) groups is 6. The molecule has 0 aliphatic carbocycles. The summed E-state index contributed by atoms with van der Waals surface area (Å²) in [6, 6.07) is -4.98. The Morgan fingerprint density at radius 3 is 1.76 bits per heavy atom. The van der Waals surface area contributed by atoms with E-state index >= 15 is 0 Å². The monoisotopic (exact) mass is 510 g/mol. The molecule has 8 N–H and O–H groups in total. The Hall–Kier alpha value is -2.52. The third kappa shape index (κ3) is 12.9. The zero-order valence-electron chi connectivity index (χ0n) is 18.0. The van der Waals surface area contributed by atoms with Gasteiger partial charge in [0.25, 0.3) is 0 Å². The summed E-state index contributed by atoms with van der Waals surface area (Å²) >= 11 is 5.39. The van der Waals surface area contributed by atoms with Crippen LogP contribution in [0.4, 0.5) is 0 Å². The van der Waals surface area contributed by atoms with Crippen molar-refractivity contribution in [3.05, 3.63) is 0 Å². The standard InChI is InChI=1S/C18H30N4O9S2/c1-33-7-6-10(20-15(27)9(19)2-4-13(23)24)16(28)22-12(8-32)17(29)21-11(18(30)31)3-5-14(25)26/h9-12,32H,2-8,19H2,1H3,(H,20,27)(H,21,29)(H,22,28)(H,23,24)(H,25,26)(H,30,31). The van der Waals surface area contributed by atoms with E-state index in [4.69, 9.17) is 15.9 Å². The maximum Gasteiger partial charge on any atom is 0.326 e. The summed E-state index contributed by atoms with van der Waals surface area (Å²) in [5.74, 6) is -5.89. The maximum atomic E-state index is 12.7. The molecule has 0 rings (SSSR count). The summed E-state index contributed by atoms with van der Waals surface area (Å²) in [5.41, 5.74) is 5.67. The molecule has 0 saturated heterocycles. The smallest absolute Gasteiger partial charge is 0.326 e. The predicted molar refractivity (Wildman–Crippen MR) is 122 cm³/mol. The number of carboxylic acids is 3. The highest BCUT2D eigenvalue weighted by Gasteiger charge is 2.29. The van der Waals surface area contributed by atoms with Crippen molar-refractivity contribution in [1.82, 2.24) is 16.0 Å². The van der Waals surface area contributed by atoms with Crippen LogP contribution in [-0.4, -0.2) is 92.9 Å². The molecule has 33 heavy (non-hydrogen) atoms. The average molecular weight is 511 g/mol. The third-order valence-corrected chi connectivity index (χ3v) is 5.34. The molecule has 0 saturated carbocycles. The second-order valence-electron chi connectivity index (χ2n) is 6.96. The fourth-order valence-corrected chi connectivity index (χ4v) is 3.19. The van der Waals surface area contributed by atoms with Crippen molar-refractivity contribution in [3.63, 3.8) is 0 Å². The lowest BCUT2D eigenvalue weighted by molar-refractivity contribution is -0.143. The third-order valence-electron chi connectivity index (χ3n) is 4.33. The minimum atomic E-state index is -1.48. The van der Waals surface area contributed by atoms with Crippen molar-refractivity contribution in [3.8, 4) is 0 Å². The normalized spacial score (nSPS) is 14.3. The van der Waals surface area contributed by atoms with E-state index in [0.717, 1.165) is 0 Å². The van der Waals surface area contributed by atoms with Crippen LogP contribution in [0.15, 0.2) is 0 Å². The molecule has 0 aromatic heterocycles. The second-order valence-corrected chi connectivity index (χ2v) is 8.31. The number of hydrogen-bond acceptors (Lipinski definition) is 9. The number of thiol groups is 1. The summed E-state index contributed by atoms with van der Waals surface area (Å²) in [5, 5.41) is 33.6. The van der Waals surface area contributed by atoms with E-state index in [1.807, 2.05) is 0 Å². The van der Waals surface area contributed by atoms with Gasteiger partial charge in [-0.05, 0) is 31.3 Å². The molecule has 0 aliphatic rings. The van der Waals surface area contributed by atoms with E-state index in [9.17, 15) is 33.9 Å². The SMILES string of the molecule is CSCCC(NC(=O)C(N)CCC(=O)O)C(=O)NC(CS)C(=O)NC(CCC(=O)O)C(=O)O. The van der Waals surface area contributed by atoms with Crippen LogP contribution in [0.25, 0.3) is 0 Å². The van der Waals surface area contributed by atoms with Gasteiger partial charge >= 0.3 is 17.9 Å². The highest BCUT2D eigenvalue weighted by Crippen LogP contribution is 2.05. The molecule has 0 heterocycles. The van der Waals surface area contributed by atoms with Crippen LogP contribution in [0.5, 0.6) is 0 Å². The summed E-state index contributed by atoms with van der Waals surface area (Å²) in [7, 11) is 0. The quantitative estimate of drug-likeness (QED) is 0.103. The van der Waals surface area contributed by atoms with Crippen LogP contribution in [0.1, 0.15) is 32.1 Å². The predicted octanol–water partition coefficient (Wildman–Crippen LogP) is -1.73. The highest BCUT2D eigenvalue weighted by atomic mass is 32.2. The lowest BCUT2D eigenvalue weighted by Gasteiger charge is -2.24. The summed E-state index contributed by atoms with van der Waals surface area (Å²) in [6.07, 6.45) is 0.659. The first-order valence-corrected chi connectivity index (χ1v) is 11.9. The molecular formula is C18H30N4O9S2. The van der Waals surface area contributed by atoms with Gasteiger partial charge in [0.1, 0.15) is 18.1 Å². The number of carbonyl (C=O) groups excluding carboxylic acids is 3. The van der Waals surface area contributed by atoms with E-state index in [-0.39, 0.29) is 31.4 Å². The van der Waals surface area contributed by atoms with Crippen LogP contribution < -0.4 is 21.7 Å². The van der Waals surface area contributed by atoms with Crippen molar-refractivity contribution in [2.75, 3.05) is 17.8 Å². The fourth-order valence-electron chi connectivity index (χ4n) is 2.46. The van der Waals surface area contributed by atoms with Crippen LogP contribution in [0.2, 0.25) is 0 Å². The first kappa shape index (κ1) is 30.5. The Morgan fingerprint density at radius 2 is 1.27 bits per heavy atom. The van der Waals surface area contributed by atoms with Gasteiger partial charge in [0.15, 0.2) is 0 Å². The molecule has 0 aliphatic heterocycles. The van der Waals surface area contributed by atoms with Crippen LogP contribution in [0, 0.1) is 0 Å². The molecule has 0 bridgehead atoms. The molecule has 0 spiro atoms. The van der Waals surface area contributed by atoms with E-state index in [2.05, 4.69) is 28.6 Å². The van der Waals surface area contributed by atoms with E-state index in [0.29, 0.717) is 5.75 Å². The molecule has 3 amide bonds. The Balaban J connectivity index is 5.18. The van der Waals surface area contributed by atoms with E-state index in [1.54, 1.807) is 6.26 Å². The largest absolute Gasteiger partial charge is 0.481 e. The Morgan fingerprint density at radius 1 is 0.788 bits per heavy atom. The Labute approximate surface area is 200 Å². The van der Waals surface area contributed by atoms with Crippen LogP contribution in [0.3, 0.4) is 0 Å². The van der Waals surface area contributed by atoms with Crippen LogP contribution >= 0.6 is 24.4 Å². The van der Waals surface area contributed by atoms with Gasteiger partial charge in [-0.15, -0.1) is 0 Å². The lowest BCUT2D eigenvalue weighted by Crippen LogP contribution is -2.57. The first-order chi connectivity index (χ1) is 15.4. The molecule has 0 aromatic carbocycles. The minimum absolute atomic E-state index is 0.132. The number of carboxylic acid groups (broad SMARTS) is 3. The highest BCUT2D eigenvalue weighted by molar-refractivity contribution is 7.98. The molecule has 0 fully saturated rings. The summed E-state index contributed by atoms with van der Waals surface area (Å²) in [4.78, 5) is 70.0. The molecule has 0 radical (unpaired) electrons. The number of nitrogens with one attached hydrogen (secondary N) is 3. The number of nitrogens with two attached hydrogens (primary N) is 1. The molecule has 188 valence electrons. The first-order valence-electron chi connectivity index (χ1n) is 9.85. The van der Waals surface area contributed by atoms with Gasteiger partial charge in [-0.3, -0.25) is 24.0 Å². The van der Waals surface area contributed by atoms with Gasteiger partial charge in [-0.25, -0.2) is 4.79 Å². The van der Waals surface area contributed by atoms with Crippen molar-refractivity contribution >= 4 is 60.0 Å². The fraction of sp³-hybridized carbons (Fsp3) is 0.667. The van der Waals surface area contributed by atoms with Gasteiger partial charge < -0.3 is 37.0 Å². The summed E-state index contributed by atoms with van der Waals surface area (Å²) < 4.78 is 0. The number of amides is 3. The molecule has 0 aromatic rings. The minimum Gasteiger partial charge on any atom is -0.481 e. The molecule has 15 heteroatoms. The van der Waals surface area contributed by atoms with Crippen molar-refractivity contribution in [2.45, 2.75) is 56.3 Å². The van der Waals surface area contributed by atoms with E-state index in [1.165, 1.54) is 11.8 Å². The van der Waals surface area contributed by atoms with Gasteiger partial charge in [-0.1, -0.05) is 0 Å². The lowest BCUT2D eigenvalue weighted by atomic mass is 10.1. The van der Waals surface area contributed by atoms with Gasteiger partial charge in [0.05, 0.1) is 6.04 Å². The van der Waals surface area contributed by atoms with Gasteiger partial charge in [0.2, 0.25) is 17.7 Å². The zero-order valence-corrected chi connectivity index (χ0v) is 19.7. The maximum absolute atomic E-state index is 12.7. The van der Waals surface area contributed by atoms with Crippen molar-refractivity contribution < 1.29 is 44.1 Å². The summed E-state index contributed by atoms with van der Waals surface area (Å²) in [6.45, 7) is 0. The second kappa shape index (κ2) is 16.1. The van der Waals surface area contributed by atoms with Gasteiger partial charge in [-0.2, -0.15) is 24.4 Å². The van der Waals surface area contributed by atoms with Crippen LogP contribution in [-0.2, 0) is 28.8 Å². The van der Waals surface area contributed by atoms with Crippen molar-refractivity contribution in [2.24, 2.45) is 5.73 Å². The molecule has 4 atom stereocenters. The Bertz CT molecular complexity index is 723. The molecule has 4 unspecified atom stereocenters.